The molecule has 0 radical (unpaired) electrons. The van der Waals surface area contributed by atoms with Crippen LogP contribution in [0.5, 0.6) is 0 Å². The van der Waals surface area contributed by atoms with E-state index in [4.69, 9.17) is 11.6 Å². The molecule has 1 aliphatic rings. The molecule has 3 rings (SSSR count). The van der Waals surface area contributed by atoms with Crippen LogP contribution in [0.25, 0.3) is 5.69 Å². The van der Waals surface area contributed by atoms with E-state index in [1.54, 1.807) is 0 Å². The van der Waals surface area contributed by atoms with E-state index in [2.05, 4.69) is 22.2 Å². The molecule has 6 heteroatoms. The van der Waals surface area contributed by atoms with E-state index in [0.717, 1.165) is 55.1 Å². The lowest BCUT2D eigenvalue weighted by Gasteiger charge is -2.28. The number of carbonyl (C=O) groups is 1. The van der Waals surface area contributed by atoms with Crippen molar-refractivity contribution in [3.8, 4) is 5.69 Å². The molecule has 2 heterocycles. The van der Waals surface area contributed by atoms with Crippen LogP contribution in [-0.2, 0) is 11.2 Å². The predicted molar refractivity (Wildman–Crippen MR) is 105 cm³/mol. The van der Waals surface area contributed by atoms with Crippen LogP contribution >= 0.6 is 11.6 Å². The topological polar surface area (TPSA) is 50.2 Å². The van der Waals surface area contributed by atoms with Gasteiger partial charge in [0.05, 0.1) is 17.8 Å². The quantitative estimate of drug-likeness (QED) is 0.844. The summed E-state index contributed by atoms with van der Waals surface area (Å²) in [5.74, 6) is 0.197. The Kier molecular flexibility index (Phi) is 5.99. The molecule has 2 aromatic rings. The molecule has 1 amide bonds. The van der Waals surface area contributed by atoms with Gasteiger partial charge in [-0.25, -0.2) is 4.68 Å². The van der Waals surface area contributed by atoms with Crippen LogP contribution in [0.2, 0.25) is 5.02 Å². The van der Waals surface area contributed by atoms with Crippen molar-refractivity contribution in [1.29, 1.82) is 0 Å². The number of hydrogen-bond donors (Lipinski definition) is 1. The number of rotatable bonds is 6. The van der Waals surface area contributed by atoms with Crippen LogP contribution in [0.15, 0.2) is 24.3 Å². The first-order valence-corrected chi connectivity index (χ1v) is 9.70. The van der Waals surface area contributed by atoms with E-state index in [9.17, 15) is 4.79 Å². The second-order valence-electron chi connectivity index (χ2n) is 6.95. The molecule has 1 aromatic heterocycles. The van der Waals surface area contributed by atoms with Crippen molar-refractivity contribution in [2.24, 2.45) is 0 Å². The fourth-order valence-electron chi connectivity index (χ4n) is 3.67. The number of benzene rings is 1. The van der Waals surface area contributed by atoms with Gasteiger partial charge in [0.2, 0.25) is 5.91 Å². The fourth-order valence-corrected chi connectivity index (χ4v) is 3.80. The van der Waals surface area contributed by atoms with Crippen LogP contribution in [0.4, 0.5) is 0 Å². The van der Waals surface area contributed by atoms with Crippen molar-refractivity contribution >= 4 is 17.5 Å². The number of amides is 1. The Bertz CT molecular complexity index is 763. The molecular weight excluding hydrogens is 348 g/mol. The van der Waals surface area contributed by atoms with Crippen LogP contribution in [0.3, 0.4) is 0 Å². The number of nitrogens with one attached hydrogen (secondary N) is 1. The number of hydrogen-bond acceptors (Lipinski definition) is 3. The molecular formula is C20H27ClN4O. The van der Waals surface area contributed by atoms with E-state index in [1.807, 2.05) is 42.8 Å². The summed E-state index contributed by atoms with van der Waals surface area (Å²) >= 11 is 5.99. The average molecular weight is 375 g/mol. The van der Waals surface area contributed by atoms with Crippen LogP contribution in [0, 0.1) is 13.8 Å². The smallest absolute Gasteiger partial charge is 0.227 e. The summed E-state index contributed by atoms with van der Waals surface area (Å²) < 4.78 is 1.90. The van der Waals surface area contributed by atoms with E-state index in [-0.39, 0.29) is 5.91 Å². The molecule has 1 saturated heterocycles. The normalized spacial score (nSPS) is 16.8. The number of aromatic nitrogens is 2. The molecule has 5 nitrogen and oxygen atoms in total. The van der Waals surface area contributed by atoms with Gasteiger partial charge in [0.25, 0.3) is 0 Å². The summed E-state index contributed by atoms with van der Waals surface area (Å²) in [6.45, 7) is 8.83. The molecule has 0 saturated carbocycles. The van der Waals surface area contributed by atoms with Crippen molar-refractivity contribution in [2.45, 2.75) is 46.1 Å². The third kappa shape index (κ3) is 3.94. The van der Waals surface area contributed by atoms with Gasteiger partial charge in [0.15, 0.2) is 0 Å². The number of nitrogens with zero attached hydrogens (tertiary/aromatic N) is 3. The van der Waals surface area contributed by atoms with E-state index in [1.165, 1.54) is 0 Å². The molecule has 1 fully saturated rings. The minimum absolute atomic E-state index is 0.197. The van der Waals surface area contributed by atoms with Gasteiger partial charge in [-0.2, -0.15) is 5.10 Å². The Morgan fingerprint density at radius 3 is 2.69 bits per heavy atom. The highest BCUT2D eigenvalue weighted by Crippen LogP contribution is 2.21. The van der Waals surface area contributed by atoms with Crippen molar-refractivity contribution in [3.05, 3.63) is 46.2 Å². The first kappa shape index (κ1) is 18.9. The molecule has 26 heavy (non-hydrogen) atoms. The standard InChI is InChI=1S/C20H27ClN4O/c1-4-11-24(18-9-10-22-13-18)20(26)12-19-14(2)23-25(15(19)3)17-7-5-16(21)6-8-17/h5-8,18,22H,4,9-13H2,1-3H3. The number of carbonyl (C=O) groups excluding carboxylic acids is 1. The summed E-state index contributed by atoms with van der Waals surface area (Å²) in [4.78, 5) is 15.1. The third-order valence-electron chi connectivity index (χ3n) is 5.10. The minimum Gasteiger partial charge on any atom is -0.338 e. The first-order chi connectivity index (χ1) is 12.5. The zero-order valence-electron chi connectivity index (χ0n) is 15.8. The molecule has 0 spiro atoms. The Hall–Kier alpha value is -1.85. The Labute approximate surface area is 160 Å². The van der Waals surface area contributed by atoms with Gasteiger partial charge in [-0.1, -0.05) is 18.5 Å². The molecule has 1 unspecified atom stereocenters. The Morgan fingerprint density at radius 1 is 1.35 bits per heavy atom. The SMILES string of the molecule is CCCN(C(=O)Cc1c(C)nn(-c2ccc(Cl)cc2)c1C)C1CCNC1. The predicted octanol–water partition coefficient (Wildman–Crippen LogP) is 3.29. The first-order valence-electron chi connectivity index (χ1n) is 9.32. The fraction of sp³-hybridized carbons (Fsp3) is 0.500. The van der Waals surface area contributed by atoms with Gasteiger partial charge in [-0.3, -0.25) is 4.79 Å². The lowest BCUT2D eigenvalue weighted by Crippen LogP contribution is -2.43. The summed E-state index contributed by atoms with van der Waals surface area (Å²) in [7, 11) is 0. The number of aryl methyl sites for hydroxylation is 1. The zero-order valence-corrected chi connectivity index (χ0v) is 16.5. The minimum atomic E-state index is 0.197. The van der Waals surface area contributed by atoms with Gasteiger partial charge in [0.1, 0.15) is 0 Å². The van der Waals surface area contributed by atoms with E-state index >= 15 is 0 Å². The highest BCUT2D eigenvalue weighted by atomic mass is 35.5. The van der Waals surface area contributed by atoms with Gasteiger partial charge in [-0.15, -0.1) is 0 Å². The maximum absolute atomic E-state index is 13.0. The monoisotopic (exact) mass is 374 g/mol. The van der Waals surface area contributed by atoms with Crippen molar-refractivity contribution < 1.29 is 4.79 Å². The van der Waals surface area contributed by atoms with Gasteiger partial charge in [0, 0.05) is 35.4 Å². The molecule has 0 aliphatic carbocycles. The third-order valence-corrected chi connectivity index (χ3v) is 5.35. The molecule has 1 atom stereocenters. The largest absolute Gasteiger partial charge is 0.338 e. The lowest BCUT2D eigenvalue weighted by molar-refractivity contribution is -0.132. The van der Waals surface area contributed by atoms with Gasteiger partial charge >= 0.3 is 0 Å². The lowest BCUT2D eigenvalue weighted by atomic mass is 10.1. The van der Waals surface area contributed by atoms with Gasteiger partial charge in [-0.05, 0) is 57.5 Å². The zero-order chi connectivity index (χ0) is 18.7. The van der Waals surface area contributed by atoms with Crippen molar-refractivity contribution in [1.82, 2.24) is 20.0 Å². The molecule has 1 N–H and O–H groups in total. The summed E-state index contributed by atoms with van der Waals surface area (Å²) in [6, 6.07) is 7.92. The highest BCUT2D eigenvalue weighted by molar-refractivity contribution is 6.30. The second-order valence-corrected chi connectivity index (χ2v) is 7.38. The van der Waals surface area contributed by atoms with Crippen LogP contribution in [0.1, 0.15) is 36.7 Å². The molecule has 140 valence electrons. The van der Waals surface area contributed by atoms with E-state index < -0.39 is 0 Å². The maximum Gasteiger partial charge on any atom is 0.227 e. The highest BCUT2D eigenvalue weighted by Gasteiger charge is 2.27. The Balaban J connectivity index is 1.82. The van der Waals surface area contributed by atoms with Crippen LogP contribution < -0.4 is 5.32 Å². The maximum atomic E-state index is 13.0. The Morgan fingerprint density at radius 2 is 2.08 bits per heavy atom. The summed E-state index contributed by atoms with van der Waals surface area (Å²) in [5, 5.41) is 8.72. The van der Waals surface area contributed by atoms with E-state index in [0.29, 0.717) is 17.5 Å². The van der Waals surface area contributed by atoms with Crippen LogP contribution in [-0.4, -0.2) is 46.3 Å². The van der Waals surface area contributed by atoms with Gasteiger partial charge < -0.3 is 10.2 Å². The molecule has 1 aliphatic heterocycles. The summed E-state index contributed by atoms with van der Waals surface area (Å²) in [6.07, 6.45) is 2.42. The van der Waals surface area contributed by atoms with Crippen molar-refractivity contribution in [3.63, 3.8) is 0 Å². The second kappa shape index (κ2) is 8.23. The van der Waals surface area contributed by atoms with Crippen molar-refractivity contribution in [2.75, 3.05) is 19.6 Å². The number of halogens is 1. The average Bonchev–Trinajstić information content (AvgIpc) is 3.24. The molecule has 1 aromatic carbocycles. The molecule has 0 bridgehead atoms. The summed E-state index contributed by atoms with van der Waals surface area (Å²) in [5.41, 5.74) is 3.90.